The molecule has 0 spiro atoms. The molecular formula is C18H11Cl2N7S. The third-order valence-electron chi connectivity index (χ3n) is 4.07. The second kappa shape index (κ2) is 7.64. The Labute approximate surface area is 175 Å². The van der Waals surface area contributed by atoms with E-state index in [0.717, 1.165) is 5.56 Å². The first-order chi connectivity index (χ1) is 13.6. The molecule has 0 atom stereocenters. The zero-order chi connectivity index (χ0) is 19.7. The van der Waals surface area contributed by atoms with Crippen molar-refractivity contribution in [2.24, 2.45) is 0 Å². The molecule has 0 aliphatic carbocycles. The Morgan fingerprint density at radius 3 is 2.61 bits per heavy atom. The Balaban J connectivity index is 1.69. The summed E-state index contributed by atoms with van der Waals surface area (Å²) in [6, 6.07) is 14.5. The first-order valence-corrected chi connectivity index (χ1v) is 9.25. The number of benzene rings is 2. The van der Waals surface area contributed by atoms with Crippen LogP contribution >= 0.6 is 35.8 Å². The van der Waals surface area contributed by atoms with Gasteiger partial charge in [-0.1, -0.05) is 35.3 Å². The number of hydrogen-bond acceptors (Lipinski definition) is 6. The molecule has 7 nitrogen and oxygen atoms in total. The molecule has 0 saturated heterocycles. The Morgan fingerprint density at radius 2 is 1.89 bits per heavy atom. The normalized spacial score (nSPS) is 10.8. The number of nitrogens with zero attached hydrogens (tertiary/aromatic N) is 7. The molecule has 0 N–H and O–H groups in total. The van der Waals surface area contributed by atoms with Crippen molar-refractivity contribution in [2.75, 3.05) is 0 Å². The van der Waals surface area contributed by atoms with E-state index in [-0.39, 0.29) is 0 Å². The van der Waals surface area contributed by atoms with E-state index in [1.807, 2.05) is 12.1 Å². The molecule has 0 fully saturated rings. The van der Waals surface area contributed by atoms with E-state index in [4.69, 9.17) is 28.5 Å². The minimum absolute atomic E-state index is 0.439. The number of hydrogen-bond donors (Lipinski definition) is 1. The highest BCUT2D eigenvalue weighted by Crippen LogP contribution is 2.30. The topological polar surface area (TPSA) is 85.2 Å². The maximum Gasteiger partial charge on any atom is 0.186 e. The number of rotatable bonds is 4. The van der Waals surface area contributed by atoms with Crippen LogP contribution in [0.5, 0.6) is 0 Å². The lowest BCUT2D eigenvalue weighted by Crippen LogP contribution is -2.05. The van der Waals surface area contributed by atoms with Gasteiger partial charge in [-0.25, -0.2) is 9.36 Å². The minimum Gasteiger partial charge on any atom is -0.225 e. The Morgan fingerprint density at radius 1 is 1.11 bits per heavy atom. The van der Waals surface area contributed by atoms with E-state index < -0.39 is 0 Å². The molecular weight excluding hydrogens is 417 g/mol. The maximum atomic E-state index is 8.92. The Bertz CT molecular complexity index is 1190. The molecule has 10 heteroatoms. The number of aromatic nitrogens is 6. The van der Waals surface area contributed by atoms with Gasteiger partial charge in [0.05, 0.1) is 40.6 Å². The summed E-state index contributed by atoms with van der Waals surface area (Å²) in [7, 11) is 0. The molecule has 0 bridgehead atoms. The predicted molar refractivity (Wildman–Crippen MR) is 108 cm³/mol. The molecule has 2 aromatic heterocycles. The number of nitriles is 1. The quantitative estimate of drug-likeness (QED) is 0.496. The first kappa shape index (κ1) is 18.5. The lowest BCUT2D eigenvalue weighted by atomic mass is 10.1. The smallest absolute Gasteiger partial charge is 0.186 e. The highest BCUT2D eigenvalue weighted by Gasteiger charge is 2.18. The number of thiol groups is 1. The van der Waals surface area contributed by atoms with Crippen molar-refractivity contribution in [1.82, 2.24) is 30.0 Å². The van der Waals surface area contributed by atoms with Gasteiger partial charge in [0.1, 0.15) is 5.03 Å². The third-order valence-corrected chi connectivity index (χ3v) is 5.04. The van der Waals surface area contributed by atoms with Gasteiger partial charge in [0.15, 0.2) is 5.82 Å². The summed E-state index contributed by atoms with van der Waals surface area (Å²) >= 11 is 16.8. The molecule has 0 amide bonds. The van der Waals surface area contributed by atoms with E-state index >= 15 is 0 Å². The van der Waals surface area contributed by atoms with Crippen molar-refractivity contribution < 1.29 is 0 Å². The van der Waals surface area contributed by atoms with Gasteiger partial charge in [0.2, 0.25) is 0 Å². The summed E-state index contributed by atoms with van der Waals surface area (Å²) in [5, 5.41) is 26.8. The molecule has 0 saturated carbocycles. The summed E-state index contributed by atoms with van der Waals surface area (Å²) in [6.07, 6.45) is 1.63. The van der Waals surface area contributed by atoms with E-state index in [1.54, 1.807) is 45.9 Å². The fourth-order valence-corrected chi connectivity index (χ4v) is 3.50. The van der Waals surface area contributed by atoms with Gasteiger partial charge in [0, 0.05) is 5.02 Å². The standard InChI is InChI=1S/C18H11Cl2N7S/c19-13-5-6-16(15(20)7-13)27-18(28)14(9-22-27)17-23-24-25-26(17)10-12-3-1-11(8-21)2-4-12/h1-7,9,28H,10H2. The summed E-state index contributed by atoms with van der Waals surface area (Å²) in [6.45, 7) is 0.439. The van der Waals surface area contributed by atoms with Crippen LogP contribution < -0.4 is 0 Å². The second-order valence-electron chi connectivity index (χ2n) is 5.86. The second-order valence-corrected chi connectivity index (χ2v) is 7.13. The molecule has 2 aromatic carbocycles. The third kappa shape index (κ3) is 3.47. The van der Waals surface area contributed by atoms with E-state index in [9.17, 15) is 0 Å². The van der Waals surface area contributed by atoms with Crippen molar-refractivity contribution >= 4 is 35.8 Å². The van der Waals surface area contributed by atoms with Crippen molar-refractivity contribution in [2.45, 2.75) is 11.6 Å². The predicted octanol–water partition coefficient (Wildman–Crippen LogP) is 4.04. The van der Waals surface area contributed by atoms with Crippen LogP contribution in [0, 0.1) is 11.3 Å². The Kier molecular flexibility index (Phi) is 5.05. The van der Waals surface area contributed by atoms with Crippen LogP contribution in [0.3, 0.4) is 0 Å². The fourth-order valence-electron chi connectivity index (χ4n) is 2.69. The van der Waals surface area contributed by atoms with E-state index in [2.05, 4.69) is 39.3 Å². The van der Waals surface area contributed by atoms with Crippen molar-refractivity contribution in [1.29, 1.82) is 5.26 Å². The zero-order valence-corrected chi connectivity index (χ0v) is 16.6. The van der Waals surface area contributed by atoms with Crippen LogP contribution in [0.15, 0.2) is 53.7 Å². The molecule has 0 aliphatic rings. The van der Waals surface area contributed by atoms with Crippen molar-refractivity contribution in [3.63, 3.8) is 0 Å². The van der Waals surface area contributed by atoms with Gasteiger partial charge in [0.25, 0.3) is 0 Å². The van der Waals surface area contributed by atoms with E-state index in [0.29, 0.717) is 44.3 Å². The average molecular weight is 428 g/mol. The molecule has 2 heterocycles. The molecule has 138 valence electrons. The zero-order valence-electron chi connectivity index (χ0n) is 14.2. The molecule has 0 unspecified atom stereocenters. The lowest BCUT2D eigenvalue weighted by Gasteiger charge is -2.08. The largest absolute Gasteiger partial charge is 0.225 e. The summed E-state index contributed by atoms with van der Waals surface area (Å²) in [5.41, 5.74) is 2.86. The monoisotopic (exact) mass is 427 g/mol. The molecule has 4 aromatic rings. The molecule has 0 radical (unpaired) electrons. The summed E-state index contributed by atoms with van der Waals surface area (Å²) in [5.74, 6) is 0.519. The molecule has 28 heavy (non-hydrogen) atoms. The van der Waals surface area contributed by atoms with Gasteiger partial charge >= 0.3 is 0 Å². The van der Waals surface area contributed by atoms with Crippen LogP contribution in [-0.4, -0.2) is 30.0 Å². The van der Waals surface area contributed by atoms with Crippen molar-refractivity contribution in [3.05, 3.63) is 69.8 Å². The minimum atomic E-state index is 0.439. The van der Waals surface area contributed by atoms with E-state index in [1.165, 1.54) is 0 Å². The van der Waals surface area contributed by atoms with Gasteiger partial charge < -0.3 is 0 Å². The van der Waals surface area contributed by atoms with Crippen LogP contribution in [-0.2, 0) is 6.54 Å². The van der Waals surface area contributed by atoms with Crippen LogP contribution in [0.1, 0.15) is 11.1 Å². The highest BCUT2D eigenvalue weighted by molar-refractivity contribution is 7.80. The molecule has 4 rings (SSSR count). The highest BCUT2D eigenvalue weighted by atomic mass is 35.5. The van der Waals surface area contributed by atoms with Crippen LogP contribution in [0.2, 0.25) is 10.0 Å². The average Bonchev–Trinajstić information content (AvgIpc) is 3.29. The fraction of sp³-hybridized carbons (Fsp3) is 0.0556. The van der Waals surface area contributed by atoms with Gasteiger partial charge in [-0.2, -0.15) is 10.4 Å². The van der Waals surface area contributed by atoms with Gasteiger partial charge in [-0.3, -0.25) is 0 Å². The van der Waals surface area contributed by atoms with Crippen LogP contribution in [0.25, 0.3) is 17.1 Å². The summed E-state index contributed by atoms with van der Waals surface area (Å²) < 4.78 is 3.24. The number of halogens is 2. The number of tetrazole rings is 1. The van der Waals surface area contributed by atoms with Crippen molar-refractivity contribution in [3.8, 4) is 23.1 Å². The first-order valence-electron chi connectivity index (χ1n) is 8.05. The SMILES string of the molecule is N#Cc1ccc(Cn2nnnc2-c2cnn(-c3ccc(Cl)cc3Cl)c2S)cc1. The maximum absolute atomic E-state index is 8.92. The Hall–Kier alpha value is -2.86. The summed E-state index contributed by atoms with van der Waals surface area (Å²) in [4.78, 5) is 0. The lowest BCUT2D eigenvalue weighted by molar-refractivity contribution is 0.652. The molecule has 0 aliphatic heterocycles. The van der Waals surface area contributed by atoms with Crippen LogP contribution in [0.4, 0.5) is 0 Å². The van der Waals surface area contributed by atoms with Gasteiger partial charge in [-0.15, -0.1) is 17.7 Å². The van der Waals surface area contributed by atoms with Gasteiger partial charge in [-0.05, 0) is 46.3 Å².